The van der Waals surface area contributed by atoms with Gasteiger partial charge < -0.3 is 45.5 Å². The molecular formula is C69H87NO9. The molecule has 422 valence electrons. The molecule has 0 unspecified atom stereocenters. The molecule has 0 saturated heterocycles. The lowest BCUT2D eigenvalue weighted by molar-refractivity contribution is -0.386. The van der Waals surface area contributed by atoms with Crippen LogP contribution in [0, 0.1) is 105 Å². The summed E-state index contributed by atoms with van der Waals surface area (Å²) < 4.78 is 6.49. The number of rotatable bonds is 5. The number of allylic oxidation sites excluding steroid dienone is 2. The summed E-state index contributed by atoms with van der Waals surface area (Å²) in [5, 5.41) is 87.8. The molecule has 4 bridgehead atoms. The molecule has 22 atom stereocenters. The van der Waals surface area contributed by atoms with Gasteiger partial charge in [-0.1, -0.05) is 105 Å². The third-order valence-electron chi connectivity index (χ3n) is 27.2. The van der Waals surface area contributed by atoms with E-state index >= 15 is 15.0 Å². The summed E-state index contributed by atoms with van der Waals surface area (Å²) in [6.45, 7) is -0.127. The second kappa shape index (κ2) is 18.4. The molecule has 1 heterocycles. The number of aliphatic hydroxyl groups excluding tert-OH is 3. The lowest BCUT2D eigenvalue weighted by atomic mass is 9.32. The Hall–Kier alpha value is -3.66. The van der Waals surface area contributed by atoms with Crippen LogP contribution >= 0.6 is 0 Å². The number of nitrogens with one attached hydrogen (secondary N) is 1. The van der Waals surface area contributed by atoms with Crippen LogP contribution in [0.4, 0.5) is 0 Å². The fourth-order valence-electron chi connectivity index (χ4n) is 24.4. The van der Waals surface area contributed by atoms with Crippen molar-refractivity contribution >= 4 is 12.3 Å². The minimum absolute atomic E-state index is 0.0262. The Morgan fingerprint density at radius 3 is 2.33 bits per heavy atom. The first kappa shape index (κ1) is 52.2. The minimum Gasteiger partial charge on any atom is -0.454 e. The van der Waals surface area contributed by atoms with Crippen molar-refractivity contribution in [3.8, 4) is 11.8 Å². The highest BCUT2D eigenvalue weighted by molar-refractivity contribution is 5.86. The van der Waals surface area contributed by atoms with Crippen LogP contribution in [0.15, 0.2) is 72.3 Å². The molecule has 16 rings (SSSR count). The summed E-state index contributed by atoms with van der Waals surface area (Å²) in [6, 6.07) is 16.7. The number of carbonyl (C=O) groups excluding carboxylic acids is 2. The number of fused-ring (bicyclic) bond motifs is 7. The number of aliphatic hydroxyl groups is 6. The topological polar surface area (TPSA) is 177 Å². The van der Waals surface area contributed by atoms with Gasteiger partial charge in [0, 0.05) is 57.6 Å². The van der Waals surface area contributed by atoms with Crippen LogP contribution in [-0.4, -0.2) is 91.1 Å². The number of carbonyl (C=O) groups is 2. The number of ether oxygens (including phenoxy) is 1. The van der Waals surface area contributed by atoms with Crippen LogP contribution < -0.4 is 5.32 Å². The quantitative estimate of drug-likeness (QED) is 0.0662. The maximum absolute atomic E-state index is 15.6. The summed E-state index contributed by atoms with van der Waals surface area (Å²) in [6.07, 6.45) is 21.6. The maximum Gasteiger partial charge on any atom is 0.331 e. The van der Waals surface area contributed by atoms with Gasteiger partial charge in [-0.2, -0.15) is 0 Å². The van der Waals surface area contributed by atoms with Gasteiger partial charge in [0.1, 0.15) is 23.6 Å². The van der Waals surface area contributed by atoms with E-state index in [9.17, 15) is 25.2 Å². The molecule has 10 heteroatoms. The summed E-state index contributed by atoms with van der Waals surface area (Å²) in [4.78, 5) is 29.7. The van der Waals surface area contributed by atoms with Crippen LogP contribution in [0.3, 0.4) is 0 Å². The van der Waals surface area contributed by atoms with Crippen LogP contribution in [0.1, 0.15) is 169 Å². The molecule has 79 heavy (non-hydrogen) atoms. The van der Waals surface area contributed by atoms with Crippen molar-refractivity contribution in [3.05, 3.63) is 94.6 Å². The van der Waals surface area contributed by atoms with E-state index < -0.39 is 80.5 Å². The van der Waals surface area contributed by atoms with Gasteiger partial charge in [-0.3, -0.25) is 0 Å². The summed E-state index contributed by atoms with van der Waals surface area (Å²) >= 11 is 0. The molecule has 0 radical (unpaired) electrons. The van der Waals surface area contributed by atoms with Crippen LogP contribution in [0.5, 0.6) is 0 Å². The predicted octanol–water partition coefficient (Wildman–Crippen LogP) is 9.05. The van der Waals surface area contributed by atoms with Crippen molar-refractivity contribution in [3.63, 3.8) is 0 Å². The van der Waals surface area contributed by atoms with E-state index in [4.69, 9.17) is 4.74 Å². The monoisotopic (exact) mass is 1070 g/mol. The Morgan fingerprint density at radius 1 is 0.759 bits per heavy atom. The van der Waals surface area contributed by atoms with Gasteiger partial charge in [-0.25, -0.2) is 4.79 Å². The van der Waals surface area contributed by atoms with E-state index in [1.807, 2.05) is 19.2 Å². The van der Waals surface area contributed by atoms with E-state index in [1.54, 1.807) is 6.08 Å². The number of hydrogen-bond donors (Lipinski definition) is 7. The first-order valence-corrected chi connectivity index (χ1v) is 31.8. The molecule has 0 aromatic heterocycles. The normalized spacial score (nSPS) is 49.7. The van der Waals surface area contributed by atoms with Crippen molar-refractivity contribution < 1.29 is 45.0 Å². The Labute approximate surface area is 468 Å². The summed E-state index contributed by atoms with van der Waals surface area (Å²) in [5.41, 5.74) is -5.16. The minimum atomic E-state index is -2.26. The molecule has 3 spiro atoms. The van der Waals surface area contributed by atoms with Crippen LogP contribution in [-0.2, 0) is 27.4 Å². The van der Waals surface area contributed by atoms with Gasteiger partial charge in [-0.05, 0) is 198 Å². The second-order valence-electron chi connectivity index (χ2n) is 29.4. The number of esters is 1. The molecule has 10 saturated carbocycles. The van der Waals surface area contributed by atoms with Crippen LogP contribution in [0.2, 0.25) is 0 Å². The molecule has 0 amide bonds. The van der Waals surface area contributed by atoms with E-state index in [-0.39, 0.29) is 67.4 Å². The Kier molecular flexibility index (Phi) is 12.2. The number of likely N-dealkylation sites (N-methyl/N-ethyl adjacent to an activating group) is 1. The smallest absolute Gasteiger partial charge is 0.331 e. The fourth-order valence-corrected chi connectivity index (χ4v) is 24.4. The highest BCUT2D eigenvalue weighted by atomic mass is 16.5. The highest BCUT2D eigenvalue weighted by Crippen LogP contribution is 2.81. The van der Waals surface area contributed by atoms with Crippen molar-refractivity contribution in [2.24, 2.45) is 92.7 Å². The molecule has 7 N–H and O–H groups in total. The lowest BCUT2D eigenvalue weighted by Gasteiger charge is -2.75. The zero-order valence-corrected chi connectivity index (χ0v) is 46.6. The van der Waals surface area contributed by atoms with E-state index in [0.717, 1.165) is 106 Å². The third kappa shape index (κ3) is 6.85. The van der Waals surface area contributed by atoms with Gasteiger partial charge in [0.2, 0.25) is 0 Å². The Morgan fingerprint density at radius 2 is 1.56 bits per heavy atom. The first-order chi connectivity index (χ1) is 38.2. The van der Waals surface area contributed by atoms with Crippen molar-refractivity contribution in [1.29, 1.82) is 0 Å². The standard InChI is InChI=1S/C69H87NO9/c1-70-56-33-49-42(15-9-17-46(49)36-71)21-26-63(24-7-8-25-63)37-65-28-23-57-66(39-72)38-64(27-22-45-29-43(19-20-53(45)64)40-11-3-2-4-12-40)61(74)54-31-44-16-10-18-48(41-13-5-6-14-41)50(44)32-55(68(54,66)77)62(75)69(57,78)67(65,76)35-47-30-51(56)60-52(59(47)65)34-58(73)79-60/h2-4,9-12,15-17,34,39,41,43-45,47-48,50-51,53-57,59-62,70-71,74-78H,5-8,13-14,18-20,22-25,27-33,35-38H2,1H3/t43-,44+,45-,47-,48+,50+,51+,53-,54-,55+,56-,57+,59+,60-,61+,62+,64-,65-,66-,67+,68+,69+/m0/s1. The Bertz CT molecular complexity index is 2900. The third-order valence-corrected chi connectivity index (χ3v) is 27.2. The van der Waals surface area contributed by atoms with E-state index in [2.05, 4.69) is 65.7 Å². The van der Waals surface area contributed by atoms with E-state index in [0.29, 0.717) is 62.2 Å². The number of benzene rings is 2. The number of hydrogen-bond acceptors (Lipinski definition) is 10. The molecule has 1 aliphatic heterocycles. The highest BCUT2D eigenvalue weighted by Gasteiger charge is 2.87. The van der Waals surface area contributed by atoms with Crippen molar-refractivity contribution in [2.45, 2.75) is 201 Å². The molecule has 2 aromatic carbocycles. The van der Waals surface area contributed by atoms with Crippen LogP contribution in [0.25, 0.3) is 0 Å². The SMILES string of the molecule is CN[C@H]1Cc2c(cccc2CO)C#CC2(CCCC2)C[C@]23CC[C@H]4[C@@](O)([C@H](O)[C@H]5C[C@@H]6[C@H](C=CC[C@@H]6C6CCCC6)C[C@H]6[C@@H](O)[C@@]7(CC[C@H]8C[C@@H](c9ccccc9)CC[C@@H]87)C[C@@]4(C=O)[C@]56O)[C@@]2(O)C[C@@H]2C[C@H]1[C@@H]1OC(=O)C=C1[C@@H]23. The average molecular weight is 1070 g/mol. The zero-order valence-electron chi connectivity index (χ0n) is 46.6. The van der Waals surface area contributed by atoms with Gasteiger partial charge in [0.25, 0.3) is 0 Å². The first-order valence-electron chi connectivity index (χ1n) is 31.8. The molecular weight excluding hydrogens is 987 g/mol. The number of aldehydes is 1. The summed E-state index contributed by atoms with van der Waals surface area (Å²) in [5.74, 6) is 5.46. The largest absolute Gasteiger partial charge is 0.454 e. The van der Waals surface area contributed by atoms with Gasteiger partial charge in [-0.15, -0.1) is 0 Å². The molecule has 14 aliphatic rings. The molecule has 10 nitrogen and oxygen atoms in total. The molecule has 2 aromatic rings. The van der Waals surface area contributed by atoms with Gasteiger partial charge in [0.05, 0.1) is 29.8 Å². The maximum atomic E-state index is 15.6. The lowest BCUT2D eigenvalue weighted by Crippen LogP contribution is -2.86. The molecule has 10 fully saturated rings. The van der Waals surface area contributed by atoms with Crippen molar-refractivity contribution in [2.75, 3.05) is 7.05 Å². The Balaban J connectivity index is 0.928. The fraction of sp³-hybridized carbons (Fsp3) is 0.710. The summed E-state index contributed by atoms with van der Waals surface area (Å²) in [7, 11) is 1.95. The predicted molar refractivity (Wildman–Crippen MR) is 298 cm³/mol. The van der Waals surface area contributed by atoms with Gasteiger partial charge >= 0.3 is 5.97 Å². The average Bonchev–Trinajstić information content (AvgIpc) is 1.91. The molecule has 13 aliphatic carbocycles. The zero-order chi connectivity index (χ0) is 54.1. The van der Waals surface area contributed by atoms with Crippen molar-refractivity contribution in [1.82, 2.24) is 5.32 Å². The second-order valence-corrected chi connectivity index (χ2v) is 29.4. The van der Waals surface area contributed by atoms with E-state index in [1.165, 1.54) is 18.4 Å². The van der Waals surface area contributed by atoms with Gasteiger partial charge in [0.15, 0.2) is 0 Å².